The van der Waals surface area contributed by atoms with Gasteiger partial charge in [0.15, 0.2) is 4.90 Å². The van der Waals surface area contributed by atoms with Gasteiger partial charge in [-0.3, -0.25) is 0 Å². The molecule has 0 spiro atoms. The van der Waals surface area contributed by atoms with Crippen LogP contribution < -0.4 is 24.2 Å². The van der Waals surface area contributed by atoms with Crippen LogP contribution >= 0.6 is 12.4 Å². The zero-order valence-corrected chi connectivity index (χ0v) is 17.1. The third-order valence-corrected chi connectivity index (χ3v) is 5.76. The third-order valence-electron chi connectivity index (χ3n) is 4.29. The van der Waals surface area contributed by atoms with Crippen molar-refractivity contribution in [2.24, 2.45) is 0 Å². The molecule has 0 bridgehead atoms. The molecule has 0 aromatic heterocycles. The number of halogens is 1. The summed E-state index contributed by atoms with van der Waals surface area (Å²) < 4.78 is 49.4. The second kappa shape index (κ2) is 9.61. The number of methoxy groups -OCH3 is 4. The highest BCUT2D eigenvalue weighted by Crippen LogP contribution is 2.37. The standard InChI is InChI=1S/C16H26N2O6S.ClH/c1-21-11-16(6-5-7-17-16)10-18-25(19,20)15-13(23-3)8-12(22-2)9-14(15)24-4;/h8-9,17-18H,5-7,10-11H2,1-4H3;1H. The normalized spacial score (nSPS) is 19.7. The van der Waals surface area contributed by atoms with Gasteiger partial charge in [-0.25, -0.2) is 13.1 Å². The highest BCUT2D eigenvalue weighted by molar-refractivity contribution is 7.89. The summed E-state index contributed by atoms with van der Waals surface area (Å²) in [7, 11) is 2.03. The number of ether oxygens (including phenoxy) is 4. The molecule has 1 atom stereocenters. The Kier molecular flexibility index (Phi) is 8.42. The first kappa shape index (κ1) is 22.8. The van der Waals surface area contributed by atoms with Crippen LogP contribution in [-0.4, -0.2) is 62.1 Å². The Balaban J connectivity index is 0.00000338. The van der Waals surface area contributed by atoms with Crippen LogP contribution in [0.2, 0.25) is 0 Å². The van der Waals surface area contributed by atoms with Crippen molar-refractivity contribution in [1.29, 1.82) is 0 Å². The summed E-state index contributed by atoms with van der Waals surface area (Å²) >= 11 is 0. The van der Waals surface area contributed by atoms with Gasteiger partial charge in [0.25, 0.3) is 0 Å². The van der Waals surface area contributed by atoms with Crippen molar-refractivity contribution in [2.75, 3.05) is 48.1 Å². The highest BCUT2D eigenvalue weighted by Gasteiger charge is 2.36. The quantitative estimate of drug-likeness (QED) is 0.631. The molecule has 1 fully saturated rings. The van der Waals surface area contributed by atoms with E-state index in [-0.39, 0.29) is 35.3 Å². The number of rotatable bonds is 9. The summed E-state index contributed by atoms with van der Waals surface area (Å²) in [4.78, 5) is -0.0520. The monoisotopic (exact) mass is 410 g/mol. The van der Waals surface area contributed by atoms with Crippen LogP contribution in [-0.2, 0) is 14.8 Å². The maximum Gasteiger partial charge on any atom is 0.248 e. The van der Waals surface area contributed by atoms with Crippen LogP contribution in [0.1, 0.15) is 12.8 Å². The van der Waals surface area contributed by atoms with E-state index in [2.05, 4.69) is 10.0 Å². The van der Waals surface area contributed by atoms with Gasteiger partial charge in [-0.1, -0.05) is 0 Å². The fourth-order valence-electron chi connectivity index (χ4n) is 3.01. The molecule has 8 nitrogen and oxygen atoms in total. The van der Waals surface area contributed by atoms with E-state index in [0.717, 1.165) is 19.4 Å². The lowest BCUT2D eigenvalue weighted by Crippen LogP contribution is -2.52. The Morgan fingerprint density at radius 3 is 2.15 bits per heavy atom. The molecule has 150 valence electrons. The number of sulfonamides is 1. The van der Waals surface area contributed by atoms with Gasteiger partial charge in [0, 0.05) is 25.8 Å². The lowest BCUT2D eigenvalue weighted by molar-refractivity contribution is 0.122. The minimum absolute atomic E-state index is 0. The van der Waals surface area contributed by atoms with Crippen LogP contribution in [0.4, 0.5) is 0 Å². The van der Waals surface area contributed by atoms with Gasteiger partial charge >= 0.3 is 0 Å². The van der Waals surface area contributed by atoms with E-state index >= 15 is 0 Å². The molecule has 2 rings (SSSR count). The van der Waals surface area contributed by atoms with Crippen LogP contribution in [0.5, 0.6) is 17.2 Å². The molecular formula is C16H27ClN2O6S. The van der Waals surface area contributed by atoms with Gasteiger partial charge in [0.1, 0.15) is 17.2 Å². The molecule has 1 unspecified atom stereocenters. The molecule has 1 aliphatic rings. The number of hydrogen-bond acceptors (Lipinski definition) is 7. The predicted molar refractivity (Wildman–Crippen MR) is 100 cm³/mol. The highest BCUT2D eigenvalue weighted by atomic mass is 35.5. The molecular weight excluding hydrogens is 384 g/mol. The SMILES string of the molecule is COCC1(CNS(=O)(=O)c2c(OC)cc(OC)cc2OC)CCCN1.Cl. The Morgan fingerprint density at radius 2 is 1.73 bits per heavy atom. The van der Waals surface area contributed by atoms with Crippen molar-refractivity contribution in [3.63, 3.8) is 0 Å². The van der Waals surface area contributed by atoms with Crippen LogP contribution in [0, 0.1) is 0 Å². The van der Waals surface area contributed by atoms with Gasteiger partial charge in [-0.05, 0) is 19.4 Å². The van der Waals surface area contributed by atoms with Crippen molar-refractivity contribution < 1.29 is 27.4 Å². The summed E-state index contributed by atoms with van der Waals surface area (Å²) in [6, 6.07) is 3.02. The molecule has 26 heavy (non-hydrogen) atoms. The Labute approximate surface area is 161 Å². The van der Waals surface area contributed by atoms with Crippen LogP contribution in [0.25, 0.3) is 0 Å². The molecule has 1 saturated heterocycles. The zero-order chi connectivity index (χ0) is 18.5. The fourth-order valence-corrected chi connectivity index (χ4v) is 4.44. The van der Waals surface area contributed by atoms with E-state index in [1.165, 1.54) is 33.5 Å². The summed E-state index contributed by atoms with van der Waals surface area (Å²) in [6.45, 7) is 1.47. The molecule has 0 saturated carbocycles. The summed E-state index contributed by atoms with van der Waals surface area (Å²) in [5, 5.41) is 3.34. The Morgan fingerprint density at radius 1 is 1.12 bits per heavy atom. The van der Waals surface area contributed by atoms with Gasteiger partial charge in [0.2, 0.25) is 10.0 Å². The average molecular weight is 411 g/mol. The summed E-state index contributed by atoms with van der Waals surface area (Å²) in [5.41, 5.74) is -0.408. The van der Waals surface area contributed by atoms with E-state index in [1.807, 2.05) is 0 Å². The van der Waals surface area contributed by atoms with Gasteiger partial charge in [-0.15, -0.1) is 12.4 Å². The van der Waals surface area contributed by atoms with E-state index < -0.39 is 15.6 Å². The second-order valence-electron chi connectivity index (χ2n) is 5.93. The minimum Gasteiger partial charge on any atom is -0.496 e. The third kappa shape index (κ3) is 4.92. The minimum atomic E-state index is -3.87. The zero-order valence-electron chi connectivity index (χ0n) is 15.5. The van der Waals surface area contributed by atoms with Crippen molar-refractivity contribution in [3.8, 4) is 17.2 Å². The second-order valence-corrected chi connectivity index (χ2v) is 7.63. The van der Waals surface area contributed by atoms with Crippen LogP contribution in [0.15, 0.2) is 17.0 Å². The van der Waals surface area contributed by atoms with Crippen molar-refractivity contribution >= 4 is 22.4 Å². The maximum atomic E-state index is 12.9. The first-order chi connectivity index (χ1) is 11.9. The molecule has 1 aromatic rings. The molecule has 1 aromatic carbocycles. The van der Waals surface area contributed by atoms with E-state index in [9.17, 15) is 8.42 Å². The molecule has 1 aliphatic heterocycles. The largest absolute Gasteiger partial charge is 0.496 e. The Hall–Kier alpha value is -1.26. The number of hydrogen-bond donors (Lipinski definition) is 2. The topological polar surface area (TPSA) is 95.1 Å². The first-order valence-corrected chi connectivity index (χ1v) is 9.43. The lowest BCUT2D eigenvalue weighted by atomic mass is 9.99. The van der Waals surface area contributed by atoms with E-state index in [4.69, 9.17) is 18.9 Å². The summed E-state index contributed by atoms with van der Waals surface area (Å²) in [5.74, 6) is 0.758. The van der Waals surface area contributed by atoms with Crippen molar-refractivity contribution in [2.45, 2.75) is 23.3 Å². The Bertz CT molecular complexity index is 667. The van der Waals surface area contributed by atoms with Crippen LogP contribution in [0.3, 0.4) is 0 Å². The average Bonchev–Trinajstić information content (AvgIpc) is 3.08. The molecule has 1 heterocycles. The lowest BCUT2D eigenvalue weighted by Gasteiger charge is -2.29. The van der Waals surface area contributed by atoms with E-state index in [0.29, 0.717) is 12.4 Å². The van der Waals surface area contributed by atoms with Gasteiger partial charge < -0.3 is 24.3 Å². The number of nitrogens with one attached hydrogen (secondary N) is 2. The molecule has 2 N–H and O–H groups in total. The first-order valence-electron chi connectivity index (χ1n) is 7.95. The maximum absolute atomic E-state index is 12.9. The van der Waals surface area contributed by atoms with Gasteiger partial charge in [0.05, 0.1) is 33.5 Å². The smallest absolute Gasteiger partial charge is 0.248 e. The van der Waals surface area contributed by atoms with Crippen molar-refractivity contribution in [3.05, 3.63) is 12.1 Å². The molecule has 0 radical (unpaired) electrons. The number of benzene rings is 1. The van der Waals surface area contributed by atoms with Gasteiger partial charge in [-0.2, -0.15) is 0 Å². The molecule has 0 amide bonds. The molecule has 0 aliphatic carbocycles. The van der Waals surface area contributed by atoms with Crippen molar-refractivity contribution in [1.82, 2.24) is 10.0 Å². The molecule has 10 heteroatoms. The predicted octanol–water partition coefficient (Wildman–Crippen LogP) is 1.18. The van der Waals surface area contributed by atoms with E-state index in [1.54, 1.807) is 7.11 Å². The fraction of sp³-hybridized carbons (Fsp3) is 0.625. The summed E-state index contributed by atoms with van der Waals surface area (Å²) in [6.07, 6.45) is 1.81.